The second kappa shape index (κ2) is 5.75. The molecule has 2 rings (SSSR count). The lowest BCUT2D eigenvalue weighted by Crippen LogP contribution is -2.03. The van der Waals surface area contributed by atoms with Crippen molar-refractivity contribution in [3.8, 4) is 0 Å². The van der Waals surface area contributed by atoms with Crippen molar-refractivity contribution in [2.24, 2.45) is 0 Å². The summed E-state index contributed by atoms with van der Waals surface area (Å²) in [5, 5.41) is 4.81. The SMILES string of the molecule is CC(C)n1ccc(CS(=O)c2ccc(N)c(Cl)c2)n1. The maximum Gasteiger partial charge on any atom is 0.0753 e. The summed E-state index contributed by atoms with van der Waals surface area (Å²) in [5.74, 6) is 0.375. The molecule has 4 nitrogen and oxygen atoms in total. The van der Waals surface area contributed by atoms with Gasteiger partial charge >= 0.3 is 0 Å². The van der Waals surface area contributed by atoms with Gasteiger partial charge in [0.1, 0.15) is 0 Å². The first kappa shape index (κ1) is 14.1. The molecule has 102 valence electrons. The van der Waals surface area contributed by atoms with E-state index in [1.54, 1.807) is 18.2 Å². The monoisotopic (exact) mass is 297 g/mol. The normalized spacial score (nSPS) is 12.8. The van der Waals surface area contributed by atoms with Gasteiger partial charge in [-0.15, -0.1) is 0 Å². The molecule has 0 saturated carbocycles. The van der Waals surface area contributed by atoms with Gasteiger partial charge in [0.25, 0.3) is 0 Å². The van der Waals surface area contributed by atoms with E-state index in [0.29, 0.717) is 27.4 Å². The lowest BCUT2D eigenvalue weighted by atomic mass is 10.3. The summed E-state index contributed by atoms with van der Waals surface area (Å²) in [5.41, 5.74) is 6.93. The van der Waals surface area contributed by atoms with Gasteiger partial charge in [-0.05, 0) is 38.1 Å². The molecule has 0 spiro atoms. The summed E-state index contributed by atoms with van der Waals surface area (Å²) in [6.45, 7) is 4.10. The zero-order valence-electron chi connectivity index (χ0n) is 10.8. The number of benzene rings is 1. The van der Waals surface area contributed by atoms with Crippen LogP contribution < -0.4 is 5.73 Å². The Hall–Kier alpha value is -1.33. The Morgan fingerprint density at radius 2 is 2.16 bits per heavy atom. The molecule has 0 amide bonds. The summed E-state index contributed by atoms with van der Waals surface area (Å²) in [6, 6.07) is 7.23. The molecule has 0 saturated heterocycles. The fourth-order valence-electron chi connectivity index (χ4n) is 1.61. The van der Waals surface area contributed by atoms with Crippen molar-refractivity contribution >= 4 is 28.1 Å². The maximum absolute atomic E-state index is 12.2. The van der Waals surface area contributed by atoms with Gasteiger partial charge < -0.3 is 5.73 Å². The lowest BCUT2D eigenvalue weighted by Gasteiger charge is -2.05. The van der Waals surface area contributed by atoms with Gasteiger partial charge in [-0.1, -0.05) is 11.6 Å². The zero-order valence-corrected chi connectivity index (χ0v) is 12.4. The van der Waals surface area contributed by atoms with Crippen LogP contribution in [0, 0.1) is 0 Å². The molecular formula is C13H16ClN3OS. The van der Waals surface area contributed by atoms with Gasteiger partial charge in [0.05, 0.1) is 33.0 Å². The average molecular weight is 298 g/mol. The largest absolute Gasteiger partial charge is 0.398 e. The molecule has 1 unspecified atom stereocenters. The fourth-order valence-corrected chi connectivity index (χ4v) is 2.91. The van der Waals surface area contributed by atoms with E-state index < -0.39 is 10.8 Å². The van der Waals surface area contributed by atoms with Crippen LogP contribution in [0.2, 0.25) is 5.02 Å². The quantitative estimate of drug-likeness (QED) is 0.883. The first-order chi connectivity index (χ1) is 8.97. The summed E-state index contributed by atoms with van der Waals surface area (Å²) in [4.78, 5) is 0.665. The lowest BCUT2D eigenvalue weighted by molar-refractivity contribution is 0.528. The average Bonchev–Trinajstić information content (AvgIpc) is 2.81. The van der Waals surface area contributed by atoms with E-state index >= 15 is 0 Å². The third-order valence-electron chi connectivity index (χ3n) is 2.71. The minimum Gasteiger partial charge on any atom is -0.398 e. The van der Waals surface area contributed by atoms with E-state index in [4.69, 9.17) is 17.3 Å². The van der Waals surface area contributed by atoms with Crippen LogP contribution in [0.1, 0.15) is 25.6 Å². The summed E-state index contributed by atoms with van der Waals surface area (Å²) >= 11 is 5.93. The number of nitrogens with two attached hydrogens (primary N) is 1. The molecule has 1 atom stereocenters. The van der Waals surface area contributed by atoms with E-state index in [9.17, 15) is 4.21 Å². The maximum atomic E-state index is 12.2. The standard InChI is InChI=1S/C13H16ClN3OS/c1-9(2)17-6-5-10(16-17)8-19(18)11-3-4-13(15)12(14)7-11/h3-7,9H,8,15H2,1-2H3. The summed E-state index contributed by atoms with van der Waals surface area (Å²) in [6.07, 6.45) is 1.90. The van der Waals surface area contributed by atoms with Crippen molar-refractivity contribution in [1.82, 2.24) is 9.78 Å². The van der Waals surface area contributed by atoms with Gasteiger partial charge in [-0.2, -0.15) is 5.10 Å². The van der Waals surface area contributed by atoms with Crippen LogP contribution in [0.3, 0.4) is 0 Å². The highest BCUT2D eigenvalue weighted by Crippen LogP contribution is 2.22. The van der Waals surface area contributed by atoms with Crippen LogP contribution in [-0.4, -0.2) is 14.0 Å². The van der Waals surface area contributed by atoms with Crippen LogP contribution in [0.15, 0.2) is 35.4 Å². The highest BCUT2D eigenvalue weighted by atomic mass is 35.5. The van der Waals surface area contributed by atoms with Crippen LogP contribution in [-0.2, 0) is 16.6 Å². The number of anilines is 1. The van der Waals surface area contributed by atoms with Crippen molar-refractivity contribution in [2.75, 3.05) is 5.73 Å². The number of rotatable bonds is 4. The summed E-state index contributed by atoms with van der Waals surface area (Å²) in [7, 11) is -1.17. The topological polar surface area (TPSA) is 60.9 Å². The van der Waals surface area contributed by atoms with Gasteiger partial charge in [0.15, 0.2) is 0 Å². The predicted molar refractivity (Wildman–Crippen MR) is 78.6 cm³/mol. The molecule has 2 N–H and O–H groups in total. The molecule has 1 aromatic carbocycles. The minimum atomic E-state index is -1.17. The van der Waals surface area contributed by atoms with Crippen LogP contribution in [0.25, 0.3) is 0 Å². The molecule has 6 heteroatoms. The third kappa shape index (κ3) is 3.36. The molecule has 1 aromatic heterocycles. The number of hydrogen-bond acceptors (Lipinski definition) is 3. The molecule has 0 aliphatic rings. The Bertz CT molecular complexity index is 610. The number of halogens is 1. The van der Waals surface area contributed by atoms with Crippen LogP contribution in [0.4, 0.5) is 5.69 Å². The molecule has 0 radical (unpaired) electrons. The molecule has 0 aliphatic heterocycles. The van der Waals surface area contributed by atoms with E-state index in [2.05, 4.69) is 5.10 Å². The zero-order chi connectivity index (χ0) is 14.0. The number of hydrogen-bond donors (Lipinski definition) is 1. The molecular weight excluding hydrogens is 282 g/mol. The first-order valence-corrected chi connectivity index (χ1v) is 7.64. The van der Waals surface area contributed by atoms with Crippen LogP contribution >= 0.6 is 11.6 Å². The van der Waals surface area contributed by atoms with Crippen molar-refractivity contribution in [3.63, 3.8) is 0 Å². The number of aromatic nitrogens is 2. The molecule has 0 fully saturated rings. The predicted octanol–water partition coefficient (Wildman–Crippen LogP) is 3.01. The van der Waals surface area contributed by atoms with Gasteiger partial charge in [-0.25, -0.2) is 0 Å². The molecule has 2 aromatic rings. The van der Waals surface area contributed by atoms with Gasteiger partial charge in [-0.3, -0.25) is 8.89 Å². The van der Waals surface area contributed by atoms with Gasteiger partial charge in [0.2, 0.25) is 0 Å². The third-order valence-corrected chi connectivity index (χ3v) is 4.37. The van der Waals surface area contributed by atoms with E-state index in [-0.39, 0.29) is 0 Å². The van der Waals surface area contributed by atoms with Crippen molar-refractivity contribution in [1.29, 1.82) is 0 Å². The summed E-state index contributed by atoms with van der Waals surface area (Å²) < 4.78 is 14.1. The smallest absolute Gasteiger partial charge is 0.0753 e. The van der Waals surface area contributed by atoms with E-state index in [0.717, 1.165) is 5.69 Å². The second-order valence-corrected chi connectivity index (χ2v) is 6.41. The molecule has 19 heavy (non-hydrogen) atoms. The number of nitrogen functional groups attached to an aromatic ring is 1. The van der Waals surface area contributed by atoms with Gasteiger partial charge in [0, 0.05) is 17.1 Å². The Labute approximate surface area is 120 Å². The van der Waals surface area contributed by atoms with Crippen molar-refractivity contribution in [3.05, 3.63) is 41.2 Å². The Morgan fingerprint density at radius 1 is 1.42 bits per heavy atom. The highest BCUT2D eigenvalue weighted by molar-refractivity contribution is 7.84. The first-order valence-electron chi connectivity index (χ1n) is 5.95. The fraction of sp³-hybridized carbons (Fsp3) is 0.308. The van der Waals surface area contributed by atoms with Crippen molar-refractivity contribution < 1.29 is 4.21 Å². The number of nitrogens with zero attached hydrogens (tertiary/aromatic N) is 2. The molecule has 0 bridgehead atoms. The second-order valence-electron chi connectivity index (χ2n) is 4.55. The van der Waals surface area contributed by atoms with Crippen molar-refractivity contribution in [2.45, 2.75) is 30.5 Å². The van der Waals surface area contributed by atoms with Crippen LogP contribution in [0.5, 0.6) is 0 Å². The Morgan fingerprint density at radius 3 is 2.74 bits per heavy atom. The molecule has 0 aliphatic carbocycles. The Balaban J connectivity index is 2.13. The highest BCUT2D eigenvalue weighted by Gasteiger charge is 2.10. The Kier molecular flexibility index (Phi) is 4.27. The van der Waals surface area contributed by atoms with E-state index in [1.165, 1.54) is 0 Å². The molecule has 1 heterocycles. The minimum absolute atomic E-state index is 0.299. The van der Waals surface area contributed by atoms with E-state index in [1.807, 2.05) is 30.8 Å².